The molecule has 0 aliphatic carbocycles. The summed E-state index contributed by atoms with van der Waals surface area (Å²) in [5.74, 6) is 0. The number of rotatable bonds is 2. The molecule has 0 saturated heterocycles. The topological polar surface area (TPSA) is 38.0 Å². The lowest BCUT2D eigenvalue weighted by atomic mass is 10.0. The van der Waals surface area contributed by atoms with Crippen LogP contribution in [-0.2, 0) is 0 Å². The maximum atomic E-state index is 5.99. The van der Waals surface area contributed by atoms with Crippen molar-refractivity contribution < 1.29 is 0 Å². The summed E-state index contributed by atoms with van der Waals surface area (Å²) >= 11 is 0. The predicted octanol–water partition coefficient (Wildman–Crippen LogP) is 4.25. The zero-order valence-corrected chi connectivity index (χ0v) is 11.5. The van der Waals surface area contributed by atoms with Gasteiger partial charge in [-0.2, -0.15) is 0 Å². The molecule has 0 atom stereocenters. The molecule has 0 aromatic heterocycles. The van der Waals surface area contributed by atoms with Crippen molar-refractivity contribution in [1.82, 2.24) is 0 Å². The van der Waals surface area contributed by atoms with Gasteiger partial charge in [0.1, 0.15) is 0 Å². The smallest absolute Gasteiger partial charge is 0.0620 e. The van der Waals surface area contributed by atoms with Gasteiger partial charge in [-0.15, -0.1) is 0 Å². The van der Waals surface area contributed by atoms with Crippen LogP contribution in [0.1, 0.15) is 22.3 Å². The van der Waals surface area contributed by atoms with E-state index in [2.05, 4.69) is 51.2 Å². The number of nitrogens with two attached hydrogens (primary N) is 1. The van der Waals surface area contributed by atoms with E-state index in [1.165, 1.54) is 22.3 Å². The summed E-state index contributed by atoms with van der Waals surface area (Å²) in [4.78, 5) is 0. The van der Waals surface area contributed by atoms with Gasteiger partial charge >= 0.3 is 0 Å². The summed E-state index contributed by atoms with van der Waals surface area (Å²) in [7, 11) is 0. The van der Waals surface area contributed by atoms with E-state index >= 15 is 0 Å². The summed E-state index contributed by atoms with van der Waals surface area (Å²) in [6, 6.07) is 10.4. The molecule has 2 nitrogen and oxygen atoms in total. The van der Waals surface area contributed by atoms with E-state index < -0.39 is 0 Å². The Morgan fingerprint density at radius 3 is 2.17 bits per heavy atom. The van der Waals surface area contributed by atoms with Crippen molar-refractivity contribution in [3.8, 4) is 0 Å². The average Bonchev–Trinajstić information content (AvgIpc) is 2.30. The molecule has 18 heavy (non-hydrogen) atoms. The highest BCUT2D eigenvalue weighted by molar-refractivity contribution is 5.75. The van der Waals surface area contributed by atoms with Crippen LogP contribution in [0.2, 0.25) is 0 Å². The van der Waals surface area contributed by atoms with Crippen molar-refractivity contribution in [2.24, 2.45) is 0 Å². The molecule has 0 saturated carbocycles. The van der Waals surface area contributed by atoms with Crippen molar-refractivity contribution in [2.45, 2.75) is 27.7 Å². The van der Waals surface area contributed by atoms with Crippen LogP contribution in [0, 0.1) is 27.7 Å². The highest BCUT2D eigenvalue weighted by Gasteiger charge is 2.04. The Bertz CT molecular complexity index is 586. The normalized spacial score (nSPS) is 10.4. The van der Waals surface area contributed by atoms with Crippen molar-refractivity contribution in [1.29, 1.82) is 0 Å². The third-order valence-corrected chi connectivity index (χ3v) is 3.32. The lowest BCUT2D eigenvalue weighted by Crippen LogP contribution is -1.99. The molecule has 0 spiro atoms. The van der Waals surface area contributed by atoms with Gasteiger partial charge in [0, 0.05) is 5.69 Å². The second kappa shape index (κ2) is 4.73. The Balaban J connectivity index is 2.40. The van der Waals surface area contributed by atoms with Crippen molar-refractivity contribution in [2.75, 3.05) is 11.1 Å². The first-order valence-electron chi connectivity index (χ1n) is 6.18. The Labute approximate surface area is 109 Å². The number of anilines is 3. The first-order chi connectivity index (χ1) is 8.47. The minimum atomic E-state index is 0.776. The fourth-order valence-corrected chi connectivity index (χ4v) is 2.02. The van der Waals surface area contributed by atoms with Gasteiger partial charge in [0.2, 0.25) is 0 Å². The molecule has 0 heterocycles. The van der Waals surface area contributed by atoms with Crippen LogP contribution in [-0.4, -0.2) is 0 Å². The molecule has 0 radical (unpaired) electrons. The fourth-order valence-electron chi connectivity index (χ4n) is 2.02. The Morgan fingerprint density at radius 2 is 1.44 bits per heavy atom. The van der Waals surface area contributed by atoms with Crippen LogP contribution in [0.4, 0.5) is 17.1 Å². The lowest BCUT2D eigenvalue weighted by Gasteiger charge is -2.14. The van der Waals surface area contributed by atoms with Crippen LogP contribution in [0.25, 0.3) is 0 Å². The quantitative estimate of drug-likeness (QED) is 0.770. The second-order valence-corrected chi connectivity index (χ2v) is 4.97. The zero-order valence-electron chi connectivity index (χ0n) is 11.5. The first-order valence-corrected chi connectivity index (χ1v) is 6.18. The molecular formula is C16H20N2. The molecule has 0 bridgehead atoms. The SMILES string of the molecule is Cc1ccc(N)c(Nc2cc(C)c(C)cc2C)c1. The number of hydrogen-bond donors (Lipinski definition) is 2. The first kappa shape index (κ1) is 12.5. The molecule has 0 aliphatic rings. The summed E-state index contributed by atoms with van der Waals surface area (Å²) in [6.45, 7) is 8.44. The molecule has 2 aromatic rings. The highest BCUT2D eigenvalue weighted by Crippen LogP contribution is 2.27. The molecule has 0 fully saturated rings. The highest BCUT2D eigenvalue weighted by atomic mass is 14.9. The van der Waals surface area contributed by atoms with E-state index in [1.807, 2.05) is 12.1 Å². The summed E-state index contributed by atoms with van der Waals surface area (Å²) < 4.78 is 0. The molecule has 0 amide bonds. The zero-order chi connectivity index (χ0) is 13.3. The van der Waals surface area contributed by atoms with Crippen molar-refractivity contribution in [3.05, 3.63) is 52.6 Å². The third kappa shape index (κ3) is 2.48. The largest absolute Gasteiger partial charge is 0.397 e. The average molecular weight is 240 g/mol. The Morgan fingerprint density at radius 1 is 0.778 bits per heavy atom. The van der Waals surface area contributed by atoms with E-state index in [9.17, 15) is 0 Å². The minimum Gasteiger partial charge on any atom is -0.397 e. The van der Waals surface area contributed by atoms with Gasteiger partial charge in [-0.3, -0.25) is 0 Å². The van der Waals surface area contributed by atoms with E-state index in [1.54, 1.807) is 0 Å². The number of benzene rings is 2. The van der Waals surface area contributed by atoms with Gasteiger partial charge in [0.05, 0.1) is 11.4 Å². The number of nitrogen functional groups attached to an aromatic ring is 1. The molecule has 2 aromatic carbocycles. The van der Waals surface area contributed by atoms with E-state index in [4.69, 9.17) is 5.73 Å². The molecule has 2 heteroatoms. The summed E-state index contributed by atoms with van der Waals surface area (Å²) in [5.41, 5.74) is 13.9. The standard InChI is InChI=1S/C16H20N2/c1-10-5-6-14(17)16(7-10)18-15-9-12(3)11(2)8-13(15)4/h5-9,18H,17H2,1-4H3. The van der Waals surface area contributed by atoms with Crippen molar-refractivity contribution in [3.63, 3.8) is 0 Å². The Kier molecular flexibility index (Phi) is 3.28. The molecule has 0 unspecified atom stereocenters. The maximum absolute atomic E-state index is 5.99. The third-order valence-electron chi connectivity index (χ3n) is 3.32. The van der Waals surface area contributed by atoms with E-state index in [0.717, 1.165) is 17.1 Å². The van der Waals surface area contributed by atoms with Crippen LogP contribution in [0.3, 0.4) is 0 Å². The van der Waals surface area contributed by atoms with Crippen LogP contribution < -0.4 is 11.1 Å². The summed E-state index contributed by atoms with van der Waals surface area (Å²) in [6.07, 6.45) is 0. The van der Waals surface area contributed by atoms with Gasteiger partial charge in [0.15, 0.2) is 0 Å². The molecule has 3 N–H and O–H groups in total. The van der Waals surface area contributed by atoms with Gasteiger partial charge < -0.3 is 11.1 Å². The fraction of sp³-hybridized carbons (Fsp3) is 0.250. The number of hydrogen-bond acceptors (Lipinski definition) is 2. The Hall–Kier alpha value is -1.96. The van der Waals surface area contributed by atoms with Crippen LogP contribution >= 0.6 is 0 Å². The predicted molar refractivity (Wildman–Crippen MR) is 79.5 cm³/mol. The number of aryl methyl sites for hydroxylation is 4. The maximum Gasteiger partial charge on any atom is 0.0620 e. The van der Waals surface area contributed by atoms with Gasteiger partial charge in [0.25, 0.3) is 0 Å². The van der Waals surface area contributed by atoms with Gasteiger partial charge in [-0.1, -0.05) is 12.1 Å². The van der Waals surface area contributed by atoms with E-state index in [-0.39, 0.29) is 0 Å². The van der Waals surface area contributed by atoms with Crippen molar-refractivity contribution >= 4 is 17.1 Å². The molecule has 94 valence electrons. The molecule has 0 aliphatic heterocycles. The van der Waals surface area contributed by atoms with E-state index in [0.29, 0.717) is 0 Å². The van der Waals surface area contributed by atoms with Crippen LogP contribution in [0.15, 0.2) is 30.3 Å². The van der Waals surface area contributed by atoms with Crippen LogP contribution in [0.5, 0.6) is 0 Å². The molecular weight excluding hydrogens is 220 g/mol. The van der Waals surface area contributed by atoms with Gasteiger partial charge in [-0.05, 0) is 68.1 Å². The minimum absolute atomic E-state index is 0.776. The summed E-state index contributed by atoms with van der Waals surface area (Å²) in [5, 5.41) is 3.42. The lowest BCUT2D eigenvalue weighted by molar-refractivity contribution is 1.29. The number of nitrogens with one attached hydrogen (secondary N) is 1. The monoisotopic (exact) mass is 240 g/mol. The second-order valence-electron chi connectivity index (χ2n) is 4.97. The van der Waals surface area contributed by atoms with Gasteiger partial charge in [-0.25, -0.2) is 0 Å². The molecule has 2 rings (SSSR count).